The number of piperidine rings is 1. The van der Waals surface area contributed by atoms with Crippen molar-refractivity contribution in [2.45, 2.75) is 57.6 Å². The molecule has 1 aromatic heterocycles. The molecule has 2 fully saturated rings. The van der Waals surface area contributed by atoms with E-state index in [-0.39, 0.29) is 36.0 Å². The van der Waals surface area contributed by atoms with Gasteiger partial charge in [-0.05, 0) is 45.0 Å². The molecule has 0 bridgehead atoms. The van der Waals surface area contributed by atoms with Crippen molar-refractivity contribution in [3.63, 3.8) is 0 Å². The molecule has 0 amide bonds. The minimum Gasteiger partial charge on any atom is -1.00 e. The van der Waals surface area contributed by atoms with E-state index in [1.165, 1.54) is 12.8 Å². The second kappa shape index (κ2) is 10.4. The molecule has 2 aliphatic rings. The molecular formula is C23H34IN3O3. The Morgan fingerprint density at radius 3 is 2.53 bits per heavy atom. The zero-order valence-corrected chi connectivity index (χ0v) is 20.3. The van der Waals surface area contributed by atoms with E-state index in [4.69, 9.17) is 9.26 Å². The lowest BCUT2D eigenvalue weighted by atomic mass is 10.0. The van der Waals surface area contributed by atoms with Gasteiger partial charge in [0, 0.05) is 18.2 Å². The van der Waals surface area contributed by atoms with Crippen molar-refractivity contribution in [2.75, 3.05) is 39.8 Å². The van der Waals surface area contributed by atoms with Gasteiger partial charge in [-0.3, -0.25) is 4.90 Å². The van der Waals surface area contributed by atoms with Crippen molar-refractivity contribution in [3.05, 3.63) is 30.0 Å². The Hall–Kier alpha value is -1.19. The van der Waals surface area contributed by atoms with Crippen molar-refractivity contribution in [1.82, 2.24) is 10.1 Å². The third-order valence-corrected chi connectivity index (χ3v) is 6.92. The normalized spacial score (nSPS) is 26.5. The Morgan fingerprint density at radius 2 is 1.87 bits per heavy atom. The highest BCUT2D eigenvalue weighted by Crippen LogP contribution is 2.32. The number of hydrogen-bond donors (Lipinski definition) is 0. The Kier molecular flexibility index (Phi) is 8.15. The van der Waals surface area contributed by atoms with Gasteiger partial charge in [-0.15, -0.1) is 0 Å². The standard InChI is InChI=1S/C23H34N3O3.HI/c1-3-26(2)16-12-18(13-17-26)28-23(27)21(25-14-8-4-5-9-15-25)22-19-10-6-7-11-20(19)24-29-22;/h6-7,10-11,18,21H,3-5,8-9,12-17H2,1-2H3;1H/q+1;/p-1. The number of fused-ring (bicyclic) bond motifs is 1. The lowest BCUT2D eigenvalue weighted by molar-refractivity contribution is -0.913. The topological polar surface area (TPSA) is 55.6 Å². The molecule has 3 heterocycles. The van der Waals surface area contributed by atoms with Crippen molar-refractivity contribution in [2.24, 2.45) is 0 Å². The van der Waals surface area contributed by atoms with Gasteiger partial charge in [0.1, 0.15) is 11.6 Å². The molecule has 1 unspecified atom stereocenters. The van der Waals surface area contributed by atoms with E-state index in [1.807, 2.05) is 24.3 Å². The summed E-state index contributed by atoms with van der Waals surface area (Å²) >= 11 is 0. The van der Waals surface area contributed by atoms with E-state index in [0.717, 1.165) is 73.8 Å². The fraction of sp³-hybridized carbons (Fsp3) is 0.652. The van der Waals surface area contributed by atoms with Gasteiger partial charge in [0.2, 0.25) is 0 Å². The predicted octanol–water partition coefficient (Wildman–Crippen LogP) is 0.921. The summed E-state index contributed by atoms with van der Waals surface area (Å²) in [5, 5.41) is 5.12. The summed E-state index contributed by atoms with van der Waals surface area (Å²) in [4.78, 5) is 15.7. The van der Waals surface area contributed by atoms with Crippen molar-refractivity contribution >= 4 is 16.9 Å². The number of rotatable bonds is 5. The summed E-state index contributed by atoms with van der Waals surface area (Å²) in [6, 6.07) is 7.33. The Morgan fingerprint density at radius 1 is 1.20 bits per heavy atom. The monoisotopic (exact) mass is 527 g/mol. The zero-order valence-electron chi connectivity index (χ0n) is 18.2. The van der Waals surface area contributed by atoms with Gasteiger partial charge in [-0.2, -0.15) is 0 Å². The molecule has 0 N–H and O–H groups in total. The third-order valence-electron chi connectivity index (χ3n) is 6.92. The first kappa shape index (κ1) is 23.5. The number of likely N-dealkylation sites (tertiary alicyclic amines) is 2. The molecule has 0 spiro atoms. The van der Waals surface area contributed by atoms with Crippen LogP contribution in [-0.4, -0.2) is 66.4 Å². The first-order valence-electron chi connectivity index (χ1n) is 11.2. The summed E-state index contributed by atoms with van der Waals surface area (Å²) in [5.41, 5.74) is 0.795. The number of benzene rings is 1. The van der Waals surface area contributed by atoms with Crippen LogP contribution in [0.1, 0.15) is 57.3 Å². The van der Waals surface area contributed by atoms with Crippen LogP contribution in [0.4, 0.5) is 0 Å². The van der Waals surface area contributed by atoms with Crippen LogP contribution < -0.4 is 24.0 Å². The van der Waals surface area contributed by atoms with Gasteiger partial charge in [0.25, 0.3) is 0 Å². The lowest BCUT2D eigenvalue weighted by Gasteiger charge is -2.40. The summed E-state index contributed by atoms with van der Waals surface area (Å²) in [6.45, 7) is 7.27. The van der Waals surface area contributed by atoms with E-state index >= 15 is 0 Å². The average Bonchev–Trinajstić information content (AvgIpc) is 2.97. The first-order valence-corrected chi connectivity index (χ1v) is 11.2. The maximum atomic E-state index is 13.4. The fourth-order valence-electron chi connectivity index (χ4n) is 4.71. The molecule has 4 rings (SSSR count). The van der Waals surface area contributed by atoms with Gasteiger partial charge in [0.05, 0.1) is 26.7 Å². The summed E-state index contributed by atoms with van der Waals surface area (Å²) < 4.78 is 12.9. The molecule has 30 heavy (non-hydrogen) atoms. The number of aromatic nitrogens is 1. The summed E-state index contributed by atoms with van der Waals surface area (Å²) in [6.07, 6.45) is 6.50. The largest absolute Gasteiger partial charge is 1.00 e. The average molecular weight is 527 g/mol. The highest BCUT2D eigenvalue weighted by molar-refractivity contribution is 5.87. The second-order valence-corrected chi connectivity index (χ2v) is 8.94. The van der Waals surface area contributed by atoms with Crippen LogP contribution in [-0.2, 0) is 9.53 Å². The van der Waals surface area contributed by atoms with Crippen LogP contribution >= 0.6 is 0 Å². The highest BCUT2D eigenvalue weighted by atomic mass is 127. The Bertz CT molecular complexity index is 824. The Balaban J connectivity index is 0.00000256. The number of halogens is 1. The van der Waals surface area contributed by atoms with Gasteiger partial charge < -0.3 is 37.7 Å². The fourth-order valence-corrected chi connectivity index (χ4v) is 4.71. The van der Waals surface area contributed by atoms with Crippen molar-refractivity contribution < 1.29 is 42.5 Å². The number of carbonyl (C=O) groups is 1. The van der Waals surface area contributed by atoms with Crippen LogP contribution in [0.15, 0.2) is 28.8 Å². The maximum Gasteiger partial charge on any atom is 0.331 e. The minimum atomic E-state index is -0.505. The quantitative estimate of drug-likeness (QED) is 0.329. The van der Waals surface area contributed by atoms with Crippen LogP contribution in [0.25, 0.3) is 10.9 Å². The van der Waals surface area contributed by atoms with E-state index in [9.17, 15) is 4.79 Å². The molecule has 1 atom stereocenters. The molecule has 2 saturated heterocycles. The molecule has 2 aliphatic heterocycles. The van der Waals surface area contributed by atoms with Crippen LogP contribution in [0.3, 0.4) is 0 Å². The maximum absolute atomic E-state index is 13.4. The highest BCUT2D eigenvalue weighted by Gasteiger charge is 2.37. The van der Waals surface area contributed by atoms with E-state index in [2.05, 4.69) is 24.0 Å². The molecule has 2 aromatic rings. The number of ether oxygens (including phenoxy) is 1. The SMILES string of the molecule is CC[N+]1(C)CCC(OC(=O)C(c2onc3ccccc23)N2CCCCCC2)CC1.[I-]. The van der Waals surface area contributed by atoms with Crippen LogP contribution in [0, 0.1) is 0 Å². The molecule has 1 aromatic carbocycles. The molecule has 6 nitrogen and oxygen atoms in total. The van der Waals surface area contributed by atoms with Gasteiger partial charge >= 0.3 is 5.97 Å². The van der Waals surface area contributed by atoms with Gasteiger partial charge in [-0.1, -0.05) is 30.1 Å². The second-order valence-electron chi connectivity index (χ2n) is 8.94. The van der Waals surface area contributed by atoms with E-state index < -0.39 is 6.04 Å². The number of esters is 1. The Labute approximate surface area is 196 Å². The van der Waals surface area contributed by atoms with E-state index in [1.54, 1.807) is 0 Å². The van der Waals surface area contributed by atoms with Crippen molar-refractivity contribution in [3.8, 4) is 0 Å². The molecule has 0 saturated carbocycles. The van der Waals surface area contributed by atoms with E-state index in [0.29, 0.717) is 5.76 Å². The lowest BCUT2D eigenvalue weighted by Crippen LogP contribution is -3.00. The smallest absolute Gasteiger partial charge is 0.331 e. The first-order chi connectivity index (χ1) is 14.1. The van der Waals surface area contributed by atoms with Crippen LogP contribution in [0.5, 0.6) is 0 Å². The number of carbonyl (C=O) groups excluding carboxylic acids is 1. The molecular weight excluding hydrogens is 493 g/mol. The third kappa shape index (κ3) is 5.16. The molecule has 7 heteroatoms. The molecule has 0 aliphatic carbocycles. The number of quaternary nitrogens is 1. The minimum absolute atomic E-state index is 0. The molecule has 166 valence electrons. The van der Waals surface area contributed by atoms with Gasteiger partial charge in [0.15, 0.2) is 11.8 Å². The number of nitrogens with zero attached hydrogens (tertiary/aromatic N) is 3. The zero-order chi connectivity index (χ0) is 20.3. The van der Waals surface area contributed by atoms with Crippen molar-refractivity contribution in [1.29, 1.82) is 0 Å². The van der Waals surface area contributed by atoms with Gasteiger partial charge in [-0.25, -0.2) is 4.79 Å². The number of hydrogen-bond acceptors (Lipinski definition) is 5. The molecule has 0 radical (unpaired) electrons. The summed E-state index contributed by atoms with van der Waals surface area (Å²) in [7, 11) is 2.29. The predicted molar refractivity (Wildman–Crippen MR) is 112 cm³/mol. The van der Waals surface area contributed by atoms with Crippen LogP contribution in [0.2, 0.25) is 0 Å². The summed E-state index contributed by atoms with van der Waals surface area (Å²) in [5.74, 6) is 0.462.